The maximum Gasteiger partial charge on any atom is 0.261 e. The molecule has 0 spiro atoms. The average Bonchev–Trinajstić information content (AvgIpc) is 2.47. The van der Waals surface area contributed by atoms with E-state index in [0.717, 1.165) is 18.4 Å². The quantitative estimate of drug-likeness (QED) is 0.848. The monoisotopic (exact) mass is 287 g/mol. The van der Waals surface area contributed by atoms with Crippen LogP contribution in [0.15, 0.2) is 24.3 Å². The van der Waals surface area contributed by atoms with Gasteiger partial charge in [-0.05, 0) is 30.4 Å². The second-order valence-corrected chi connectivity index (χ2v) is 6.45. The summed E-state index contributed by atoms with van der Waals surface area (Å²) < 4.78 is 0. The number of aliphatic hydroxyl groups is 1. The van der Waals surface area contributed by atoms with Gasteiger partial charge in [-0.3, -0.25) is 14.5 Å². The van der Waals surface area contributed by atoms with E-state index >= 15 is 0 Å². The number of hydrogen-bond acceptors (Lipinski definition) is 3. The predicted octanol–water partition coefficient (Wildman–Crippen LogP) is 2.15. The van der Waals surface area contributed by atoms with Crippen molar-refractivity contribution >= 4 is 11.8 Å². The Morgan fingerprint density at radius 3 is 2.81 bits per heavy atom. The number of imide groups is 1. The zero-order chi connectivity index (χ0) is 15.0. The summed E-state index contributed by atoms with van der Waals surface area (Å²) in [7, 11) is 0. The van der Waals surface area contributed by atoms with Gasteiger partial charge >= 0.3 is 0 Å². The highest BCUT2D eigenvalue weighted by Crippen LogP contribution is 2.39. The fraction of sp³-hybridized carbons (Fsp3) is 0.529. The number of hydrogen-bond donors (Lipinski definition) is 1. The third-order valence-corrected chi connectivity index (χ3v) is 4.88. The van der Waals surface area contributed by atoms with Gasteiger partial charge in [-0.2, -0.15) is 0 Å². The number of carbonyl (C=O) groups is 2. The summed E-state index contributed by atoms with van der Waals surface area (Å²) in [5, 5.41) is 9.95. The van der Waals surface area contributed by atoms with Crippen molar-refractivity contribution in [1.29, 1.82) is 0 Å². The van der Waals surface area contributed by atoms with Gasteiger partial charge in [-0.1, -0.05) is 38.0 Å². The van der Waals surface area contributed by atoms with Gasteiger partial charge in [-0.15, -0.1) is 0 Å². The van der Waals surface area contributed by atoms with Crippen LogP contribution in [0.4, 0.5) is 0 Å². The van der Waals surface area contributed by atoms with E-state index < -0.39 is 5.54 Å². The van der Waals surface area contributed by atoms with E-state index in [2.05, 4.69) is 6.92 Å². The van der Waals surface area contributed by atoms with Crippen LogP contribution in [0.5, 0.6) is 0 Å². The van der Waals surface area contributed by atoms with Crippen LogP contribution < -0.4 is 0 Å². The topological polar surface area (TPSA) is 57.6 Å². The molecule has 2 atom stereocenters. The number of benzene rings is 1. The Morgan fingerprint density at radius 1 is 1.33 bits per heavy atom. The van der Waals surface area contributed by atoms with Gasteiger partial charge in [0.25, 0.3) is 5.91 Å². The molecule has 0 radical (unpaired) electrons. The molecule has 4 heteroatoms. The van der Waals surface area contributed by atoms with E-state index in [4.69, 9.17) is 0 Å². The van der Waals surface area contributed by atoms with Crippen molar-refractivity contribution in [3.8, 4) is 0 Å². The second kappa shape index (κ2) is 5.26. The summed E-state index contributed by atoms with van der Waals surface area (Å²) in [6, 6.07) is 7.27. The summed E-state index contributed by atoms with van der Waals surface area (Å²) in [6.45, 7) is 1.98. The minimum absolute atomic E-state index is 0.142. The van der Waals surface area contributed by atoms with Crippen molar-refractivity contribution < 1.29 is 14.7 Å². The maximum atomic E-state index is 12.8. The van der Waals surface area contributed by atoms with Crippen molar-refractivity contribution in [3.63, 3.8) is 0 Å². The normalized spacial score (nSPS) is 29.4. The van der Waals surface area contributed by atoms with Crippen LogP contribution in [0, 0.1) is 5.92 Å². The fourth-order valence-corrected chi connectivity index (χ4v) is 3.89. The van der Waals surface area contributed by atoms with Crippen molar-refractivity contribution in [3.05, 3.63) is 35.4 Å². The van der Waals surface area contributed by atoms with Crippen LogP contribution in [0.2, 0.25) is 0 Å². The third kappa shape index (κ3) is 2.27. The summed E-state index contributed by atoms with van der Waals surface area (Å²) in [5.41, 5.74) is 0.683. The van der Waals surface area contributed by atoms with E-state index in [-0.39, 0.29) is 24.8 Å². The van der Waals surface area contributed by atoms with E-state index in [0.29, 0.717) is 24.3 Å². The lowest BCUT2D eigenvalue weighted by atomic mass is 9.74. The van der Waals surface area contributed by atoms with Crippen LogP contribution in [0.1, 0.15) is 48.5 Å². The molecule has 1 aromatic rings. The van der Waals surface area contributed by atoms with Crippen molar-refractivity contribution in [2.24, 2.45) is 5.92 Å². The lowest BCUT2D eigenvalue weighted by Gasteiger charge is -2.47. The number of amides is 2. The largest absolute Gasteiger partial charge is 0.394 e. The van der Waals surface area contributed by atoms with E-state index in [9.17, 15) is 14.7 Å². The minimum Gasteiger partial charge on any atom is -0.394 e. The number of rotatable bonds is 2. The first-order valence-corrected chi connectivity index (χ1v) is 7.63. The fourth-order valence-electron chi connectivity index (χ4n) is 3.89. The summed E-state index contributed by atoms with van der Waals surface area (Å²) >= 11 is 0. The number of aliphatic hydroxyl groups excluding tert-OH is 1. The lowest BCUT2D eigenvalue weighted by Crippen LogP contribution is -2.60. The van der Waals surface area contributed by atoms with Crippen LogP contribution >= 0.6 is 0 Å². The highest BCUT2D eigenvalue weighted by atomic mass is 16.3. The maximum absolute atomic E-state index is 12.8. The molecular formula is C17H21NO3. The average molecular weight is 287 g/mol. The Kier molecular flexibility index (Phi) is 3.57. The smallest absolute Gasteiger partial charge is 0.261 e. The summed E-state index contributed by atoms with van der Waals surface area (Å²) in [4.78, 5) is 26.7. The Morgan fingerprint density at radius 2 is 2.10 bits per heavy atom. The molecular weight excluding hydrogens is 266 g/mol. The number of nitrogens with zero attached hydrogens (tertiary/aromatic N) is 1. The van der Waals surface area contributed by atoms with Crippen molar-refractivity contribution in [1.82, 2.24) is 4.90 Å². The molecule has 1 aliphatic carbocycles. The summed E-state index contributed by atoms with van der Waals surface area (Å²) in [5.74, 6) is -0.00415. The van der Waals surface area contributed by atoms with Gasteiger partial charge in [0.05, 0.1) is 18.6 Å². The molecule has 112 valence electrons. The van der Waals surface area contributed by atoms with E-state index in [1.165, 1.54) is 4.90 Å². The SMILES string of the molecule is CC1CCCC(CO)(N2C(=O)Cc3ccccc3C2=O)C1. The molecule has 1 aromatic carbocycles. The van der Waals surface area contributed by atoms with Crippen LogP contribution in [-0.2, 0) is 11.2 Å². The molecule has 4 nitrogen and oxygen atoms in total. The Hall–Kier alpha value is -1.68. The number of fused-ring (bicyclic) bond motifs is 1. The molecule has 21 heavy (non-hydrogen) atoms. The zero-order valence-corrected chi connectivity index (χ0v) is 12.3. The van der Waals surface area contributed by atoms with Crippen molar-refractivity contribution in [2.75, 3.05) is 6.61 Å². The molecule has 1 fully saturated rings. The lowest BCUT2D eigenvalue weighted by molar-refractivity contribution is -0.137. The second-order valence-electron chi connectivity index (χ2n) is 6.45. The summed E-state index contributed by atoms with van der Waals surface area (Å²) in [6.07, 6.45) is 3.68. The molecule has 1 N–H and O–H groups in total. The Balaban J connectivity index is 2.01. The first kappa shape index (κ1) is 14.3. The highest BCUT2D eigenvalue weighted by Gasteiger charge is 2.47. The van der Waals surface area contributed by atoms with Gasteiger partial charge in [0, 0.05) is 5.56 Å². The first-order chi connectivity index (χ1) is 10.1. The Bertz CT molecular complexity index is 583. The van der Waals surface area contributed by atoms with Crippen LogP contribution in [-0.4, -0.2) is 34.0 Å². The molecule has 2 amide bonds. The minimum atomic E-state index is -0.709. The highest BCUT2D eigenvalue weighted by molar-refractivity contribution is 6.10. The first-order valence-electron chi connectivity index (χ1n) is 7.63. The molecule has 1 saturated carbocycles. The molecule has 0 saturated heterocycles. The zero-order valence-electron chi connectivity index (χ0n) is 12.3. The molecule has 3 rings (SSSR count). The molecule has 0 aromatic heterocycles. The van der Waals surface area contributed by atoms with Gasteiger partial charge in [0.15, 0.2) is 0 Å². The van der Waals surface area contributed by atoms with Crippen molar-refractivity contribution in [2.45, 2.75) is 44.6 Å². The van der Waals surface area contributed by atoms with Gasteiger partial charge in [-0.25, -0.2) is 0 Å². The Labute approximate surface area is 124 Å². The van der Waals surface area contributed by atoms with Crippen LogP contribution in [0.3, 0.4) is 0 Å². The van der Waals surface area contributed by atoms with Gasteiger partial charge in [0.1, 0.15) is 0 Å². The molecule has 2 unspecified atom stereocenters. The van der Waals surface area contributed by atoms with E-state index in [1.54, 1.807) is 6.07 Å². The molecule has 2 aliphatic rings. The number of carbonyl (C=O) groups excluding carboxylic acids is 2. The third-order valence-electron chi connectivity index (χ3n) is 4.88. The van der Waals surface area contributed by atoms with Gasteiger partial charge < -0.3 is 5.11 Å². The van der Waals surface area contributed by atoms with Crippen LogP contribution in [0.25, 0.3) is 0 Å². The molecule has 1 heterocycles. The predicted molar refractivity (Wildman–Crippen MR) is 78.8 cm³/mol. The molecule has 1 aliphatic heterocycles. The standard InChI is InChI=1S/C17H21NO3/c1-12-5-4-8-17(10-12,11-19)18-15(20)9-13-6-2-3-7-14(13)16(18)21/h2-3,6-7,12,19H,4-5,8-11H2,1H3. The van der Waals surface area contributed by atoms with E-state index in [1.807, 2.05) is 18.2 Å². The molecule has 0 bridgehead atoms. The van der Waals surface area contributed by atoms with Gasteiger partial charge in [0.2, 0.25) is 5.91 Å².